The maximum Gasteiger partial charge on any atom is 0.177 e. The monoisotopic (exact) mass is 400 g/mol. The Morgan fingerprint density at radius 3 is 2.44 bits per heavy atom. The lowest BCUT2D eigenvalue weighted by Gasteiger charge is -2.00. The van der Waals surface area contributed by atoms with Crippen molar-refractivity contribution in [1.29, 1.82) is 0 Å². The third-order valence-electron chi connectivity index (χ3n) is 2.99. The van der Waals surface area contributed by atoms with Gasteiger partial charge in [-0.25, -0.2) is 9.97 Å². The summed E-state index contributed by atoms with van der Waals surface area (Å²) in [5.41, 5.74) is 3.44. The Morgan fingerprint density at radius 2 is 1.72 bits per heavy atom. The molecule has 0 aliphatic carbocycles. The predicted octanol–water partition coefficient (Wildman–Crippen LogP) is 3.40. The molecule has 7 heteroatoms. The van der Waals surface area contributed by atoms with Gasteiger partial charge in [0.05, 0.1) is 11.4 Å². The van der Waals surface area contributed by atoms with Gasteiger partial charge in [0.1, 0.15) is 28.8 Å². The van der Waals surface area contributed by atoms with Gasteiger partial charge in [-0.2, -0.15) is 0 Å². The van der Waals surface area contributed by atoms with E-state index in [0.29, 0.717) is 22.8 Å². The van der Waals surface area contributed by atoms with Gasteiger partial charge < -0.3 is 9.68 Å². The van der Waals surface area contributed by atoms with E-state index in [0.717, 1.165) is 10.3 Å². The summed E-state index contributed by atoms with van der Waals surface area (Å²) >= 11 is 3.32. The Morgan fingerprint density at radius 1 is 1.04 bits per heavy atom. The van der Waals surface area contributed by atoms with Crippen LogP contribution in [0.4, 0.5) is 0 Å². The molecule has 0 bridgehead atoms. The highest BCUT2D eigenvalue weighted by atomic mass is 79.9. The first-order valence-electron chi connectivity index (χ1n) is 7.43. The fourth-order valence-electron chi connectivity index (χ4n) is 1.83. The molecule has 6 nitrogen and oxygen atoms in total. The number of rotatable bonds is 5. The average molecular weight is 401 g/mol. The van der Waals surface area contributed by atoms with Gasteiger partial charge in [-0.3, -0.25) is 0 Å². The normalized spacial score (nSPS) is 11.5. The highest BCUT2D eigenvalue weighted by molar-refractivity contribution is 9.10. The standard InChI is InChI=1S/C18H17BrN4O2/c1-13(22-24-3)16-9-4-7-15(20-16)8-6-12-25-23-14(2)17-10-5-11-18(19)21-17/h4-5,7,9-11H,12H2,1-3H3/b22-13-,23-14-. The second-order valence-electron chi connectivity index (χ2n) is 4.86. The molecule has 0 aliphatic heterocycles. The quantitative estimate of drug-likeness (QED) is 0.253. The van der Waals surface area contributed by atoms with Crippen LogP contribution >= 0.6 is 15.9 Å². The molecule has 25 heavy (non-hydrogen) atoms. The lowest BCUT2D eigenvalue weighted by atomic mass is 10.2. The highest BCUT2D eigenvalue weighted by Crippen LogP contribution is 2.07. The van der Waals surface area contributed by atoms with E-state index in [2.05, 4.69) is 48.1 Å². The molecule has 0 aliphatic rings. The first kappa shape index (κ1) is 18.6. The lowest BCUT2D eigenvalue weighted by molar-refractivity contribution is 0.179. The highest BCUT2D eigenvalue weighted by Gasteiger charge is 2.01. The number of hydrogen-bond acceptors (Lipinski definition) is 6. The number of hydrogen-bond donors (Lipinski definition) is 0. The first-order valence-corrected chi connectivity index (χ1v) is 8.23. The molecular weight excluding hydrogens is 384 g/mol. The molecule has 0 spiro atoms. The minimum atomic E-state index is 0.155. The van der Waals surface area contributed by atoms with E-state index in [-0.39, 0.29) is 6.61 Å². The van der Waals surface area contributed by atoms with Crippen molar-refractivity contribution in [2.24, 2.45) is 10.3 Å². The minimum Gasteiger partial charge on any atom is -0.399 e. The molecule has 2 rings (SSSR count). The van der Waals surface area contributed by atoms with Crippen molar-refractivity contribution in [3.63, 3.8) is 0 Å². The van der Waals surface area contributed by atoms with E-state index in [1.165, 1.54) is 7.11 Å². The number of nitrogens with zero attached hydrogens (tertiary/aromatic N) is 4. The van der Waals surface area contributed by atoms with E-state index in [4.69, 9.17) is 9.68 Å². The Labute approximate surface area is 155 Å². The summed E-state index contributed by atoms with van der Waals surface area (Å²) in [5.74, 6) is 5.81. The van der Waals surface area contributed by atoms with Crippen molar-refractivity contribution < 1.29 is 9.68 Å². The van der Waals surface area contributed by atoms with Crippen LogP contribution in [0.25, 0.3) is 0 Å². The number of halogens is 1. The van der Waals surface area contributed by atoms with E-state index < -0.39 is 0 Å². The molecular formula is C18H17BrN4O2. The maximum absolute atomic E-state index is 5.22. The Hall–Kier alpha value is -2.72. The van der Waals surface area contributed by atoms with E-state index in [1.807, 2.05) is 50.2 Å². The maximum atomic E-state index is 5.22. The Balaban J connectivity index is 1.96. The molecule has 0 unspecified atom stereocenters. The van der Waals surface area contributed by atoms with Gasteiger partial charge in [-0.05, 0) is 60.0 Å². The summed E-state index contributed by atoms with van der Waals surface area (Å²) in [6, 6.07) is 11.1. The van der Waals surface area contributed by atoms with Gasteiger partial charge in [0, 0.05) is 0 Å². The summed E-state index contributed by atoms with van der Waals surface area (Å²) in [5, 5.41) is 7.87. The second-order valence-corrected chi connectivity index (χ2v) is 5.68. The number of pyridine rings is 2. The summed E-state index contributed by atoms with van der Waals surface area (Å²) < 4.78 is 0.748. The smallest absolute Gasteiger partial charge is 0.177 e. The molecule has 2 heterocycles. The first-order chi connectivity index (χ1) is 12.1. The van der Waals surface area contributed by atoms with Crippen molar-refractivity contribution in [2.45, 2.75) is 13.8 Å². The summed E-state index contributed by atoms with van der Waals surface area (Å²) in [4.78, 5) is 18.7. The van der Waals surface area contributed by atoms with Crippen LogP contribution in [0.3, 0.4) is 0 Å². The molecule has 0 saturated carbocycles. The second kappa shape index (κ2) is 9.55. The van der Waals surface area contributed by atoms with Crippen LogP contribution in [-0.4, -0.2) is 35.1 Å². The van der Waals surface area contributed by atoms with Crippen molar-refractivity contribution in [3.8, 4) is 11.8 Å². The van der Waals surface area contributed by atoms with Crippen LogP contribution in [0.2, 0.25) is 0 Å². The zero-order valence-electron chi connectivity index (χ0n) is 14.2. The van der Waals surface area contributed by atoms with Gasteiger partial charge in [-0.1, -0.05) is 28.4 Å². The zero-order valence-corrected chi connectivity index (χ0v) is 15.7. The van der Waals surface area contributed by atoms with Gasteiger partial charge in [0.2, 0.25) is 0 Å². The van der Waals surface area contributed by atoms with E-state index in [1.54, 1.807) is 0 Å². The third kappa shape index (κ3) is 6.01. The molecule has 0 saturated heterocycles. The average Bonchev–Trinajstić information content (AvgIpc) is 2.61. The SMILES string of the molecule is CO/N=C(/C)c1cccc(C#CCO/N=C(/C)c2cccc(Br)n2)n1. The molecule has 0 aromatic carbocycles. The topological polar surface area (TPSA) is 69.0 Å². The lowest BCUT2D eigenvalue weighted by Crippen LogP contribution is -2.01. The molecule has 0 radical (unpaired) electrons. The Kier molecular flexibility index (Phi) is 7.11. The summed E-state index contributed by atoms with van der Waals surface area (Å²) in [6.07, 6.45) is 0. The van der Waals surface area contributed by atoms with Gasteiger partial charge in [0.25, 0.3) is 0 Å². The van der Waals surface area contributed by atoms with Crippen LogP contribution in [0.1, 0.15) is 30.9 Å². The van der Waals surface area contributed by atoms with Crippen LogP contribution in [0.5, 0.6) is 0 Å². The van der Waals surface area contributed by atoms with E-state index in [9.17, 15) is 0 Å². The van der Waals surface area contributed by atoms with Crippen molar-refractivity contribution >= 4 is 27.4 Å². The zero-order chi connectivity index (χ0) is 18.1. The van der Waals surface area contributed by atoms with Crippen molar-refractivity contribution in [3.05, 3.63) is 58.1 Å². The molecule has 0 fully saturated rings. The Bertz CT molecular complexity index is 853. The summed E-state index contributed by atoms with van der Waals surface area (Å²) in [6.45, 7) is 3.80. The van der Waals surface area contributed by atoms with Crippen molar-refractivity contribution in [1.82, 2.24) is 9.97 Å². The third-order valence-corrected chi connectivity index (χ3v) is 3.43. The summed E-state index contributed by atoms with van der Waals surface area (Å²) in [7, 11) is 1.50. The number of aromatic nitrogens is 2. The minimum absolute atomic E-state index is 0.155. The molecule has 2 aromatic heterocycles. The molecule has 2 aromatic rings. The fourth-order valence-corrected chi connectivity index (χ4v) is 2.18. The van der Waals surface area contributed by atoms with E-state index >= 15 is 0 Å². The van der Waals surface area contributed by atoms with Gasteiger partial charge in [-0.15, -0.1) is 0 Å². The van der Waals surface area contributed by atoms with Gasteiger partial charge >= 0.3 is 0 Å². The largest absolute Gasteiger partial charge is 0.399 e. The van der Waals surface area contributed by atoms with Crippen LogP contribution < -0.4 is 0 Å². The van der Waals surface area contributed by atoms with Crippen molar-refractivity contribution in [2.75, 3.05) is 13.7 Å². The van der Waals surface area contributed by atoms with Gasteiger partial charge in [0.15, 0.2) is 6.61 Å². The number of oxime groups is 2. The molecule has 0 amide bonds. The molecule has 128 valence electrons. The molecule has 0 atom stereocenters. The van der Waals surface area contributed by atoms with Crippen LogP contribution in [-0.2, 0) is 9.68 Å². The van der Waals surface area contributed by atoms with Crippen LogP contribution in [0, 0.1) is 11.8 Å². The van der Waals surface area contributed by atoms with Crippen LogP contribution in [0.15, 0.2) is 51.3 Å². The fraction of sp³-hybridized carbons (Fsp3) is 0.222. The molecule has 0 N–H and O–H groups in total. The predicted molar refractivity (Wildman–Crippen MR) is 100 cm³/mol.